The molecule has 0 aliphatic heterocycles. The van der Waals surface area contributed by atoms with E-state index in [9.17, 15) is 14.9 Å². The summed E-state index contributed by atoms with van der Waals surface area (Å²) in [5.41, 5.74) is -0.497. The minimum atomic E-state index is -0.743. The Hall–Kier alpha value is -2.93. The summed E-state index contributed by atoms with van der Waals surface area (Å²) in [4.78, 5) is 28.4. The lowest BCUT2D eigenvalue weighted by atomic mass is 10.3. The summed E-state index contributed by atoms with van der Waals surface area (Å²) >= 11 is 1.03. The summed E-state index contributed by atoms with van der Waals surface area (Å²) in [6.07, 6.45) is 1.45. The number of aryl methyl sites for hydroxylation is 1. The Morgan fingerprint density at radius 2 is 2.29 bits per heavy atom. The van der Waals surface area contributed by atoms with Crippen LogP contribution in [0.5, 0.6) is 0 Å². The monoisotopic (exact) mass is 348 g/mol. The fourth-order valence-electron chi connectivity index (χ4n) is 1.91. The maximum absolute atomic E-state index is 12.4. The SMILES string of the molecule is CCOC(=O)C(C#N)=c1sc(=CNc2n[nH]c(C)n2)c(=O)n1CC. The van der Waals surface area contributed by atoms with Gasteiger partial charge in [0.1, 0.15) is 21.1 Å². The second kappa shape index (κ2) is 7.56. The van der Waals surface area contributed by atoms with Crippen molar-refractivity contribution in [2.24, 2.45) is 0 Å². The summed E-state index contributed by atoms with van der Waals surface area (Å²) in [6, 6.07) is 1.82. The van der Waals surface area contributed by atoms with E-state index in [1.807, 2.05) is 6.07 Å². The van der Waals surface area contributed by atoms with Crippen LogP contribution < -0.4 is 20.1 Å². The maximum Gasteiger partial charge on any atom is 0.351 e. The number of anilines is 1. The van der Waals surface area contributed by atoms with Gasteiger partial charge in [-0.25, -0.2) is 4.79 Å². The maximum atomic E-state index is 12.4. The number of nitrogens with one attached hydrogen (secondary N) is 2. The molecule has 2 aromatic heterocycles. The first-order chi connectivity index (χ1) is 11.5. The van der Waals surface area contributed by atoms with E-state index in [0.717, 1.165) is 11.3 Å². The highest BCUT2D eigenvalue weighted by Gasteiger charge is 2.16. The lowest BCUT2D eigenvalue weighted by Gasteiger charge is -2.00. The van der Waals surface area contributed by atoms with E-state index in [4.69, 9.17) is 4.74 Å². The third-order valence-corrected chi connectivity index (χ3v) is 4.09. The van der Waals surface area contributed by atoms with Crippen molar-refractivity contribution in [3.8, 4) is 6.07 Å². The molecular formula is C14H16N6O3S. The molecule has 0 saturated carbocycles. The number of hydrogen-bond acceptors (Lipinski definition) is 8. The zero-order valence-electron chi connectivity index (χ0n) is 13.4. The van der Waals surface area contributed by atoms with Gasteiger partial charge >= 0.3 is 5.97 Å². The fourth-order valence-corrected chi connectivity index (χ4v) is 2.99. The number of thiazole rings is 1. The van der Waals surface area contributed by atoms with Crippen molar-refractivity contribution in [2.75, 3.05) is 11.9 Å². The van der Waals surface area contributed by atoms with Gasteiger partial charge < -0.3 is 10.1 Å². The predicted octanol–water partition coefficient (Wildman–Crippen LogP) is -0.556. The molecule has 0 aromatic carbocycles. The van der Waals surface area contributed by atoms with E-state index in [0.29, 0.717) is 22.8 Å². The van der Waals surface area contributed by atoms with Crippen LogP contribution in [0.4, 0.5) is 5.95 Å². The quantitative estimate of drug-likeness (QED) is 0.694. The largest absolute Gasteiger partial charge is 0.462 e. The molecule has 10 heteroatoms. The van der Waals surface area contributed by atoms with Crippen LogP contribution in [0.25, 0.3) is 11.8 Å². The number of rotatable bonds is 5. The molecule has 0 radical (unpaired) electrons. The van der Waals surface area contributed by atoms with Crippen LogP contribution in [0, 0.1) is 18.3 Å². The Balaban J connectivity index is 2.57. The topological polar surface area (TPSA) is 126 Å². The summed E-state index contributed by atoms with van der Waals surface area (Å²) in [6.45, 7) is 5.63. The van der Waals surface area contributed by atoms with Crippen LogP contribution in [0.2, 0.25) is 0 Å². The molecule has 0 unspecified atom stereocenters. The van der Waals surface area contributed by atoms with E-state index in [1.165, 1.54) is 10.8 Å². The van der Waals surface area contributed by atoms with Gasteiger partial charge in [0.25, 0.3) is 5.56 Å². The lowest BCUT2D eigenvalue weighted by molar-refractivity contribution is -0.136. The van der Waals surface area contributed by atoms with Gasteiger partial charge in [0, 0.05) is 12.7 Å². The van der Waals surface area contributed by atoms with E-state index in [2.05, 4.69) is 20.5 Å². The number of H-pyrrole nitrogens is 1. The Kier molecular flexibility index (Phi) is 5.49. The van der Waals surface area contributed by atoms with Gasteiger partial charge in [-0.3, -0.25) is 14.5 Å². The highest BCUT2D eigenvalue weighted by Crippen LogP contribution is 1.98. The molecule has 24 heavy (non-hydrogen) atoms. The number of hydrogen-bond donors (Lipinski definition) is 2. The molecule has 2 N–H and O–H groups in total. The standard InChI is InChI=1S/C14H16N6O3S/c1-4-20-11(21)10(7-16-14-17-8(3)18-19-14)24-12(20)9(6-15)13(22)23-5-2/h7H,4-5H2,1-3H3,(H2,16,17,18,19). The fraction of sp³-hybridized carbons (Fsp3) is 0.357. The van der Waals surface area contributed by atoms with Crippen molar-refractivity contribution in [3.63, 3.8) is 0 Å². The molecule has 0 aliphatic rings. The van der Waals surface area contributed by atoms with E-state index in [1.54, 1.807) is 20.8 Å². The molecule has 2 rings (SSSR count). The first-order valence-electron chi connectivity index (χ1n) is 7.18. The zero-order valence-corrected chi connectivity index (χ0v) is 14.2. The number of aromatic nitrogens is 4. The van der Waals surface area contributed by atoms with Crippen molar-refractivity contribution in [3.05, 3.63) is 25.4 Å². The van der Waals surface area contributed by atoms with Gasteiger partial charge in [-0.05, 0) is 20.8 Å². The van der Waals surface area contributed by atoms with Crippen molar-refractivity contribution in [1.82, 2.24) is 19.7 Å². The van der Waals surface area contributed by atoms with Crippen LogP contribution in [0.15, 0.2) is 4.79 Å². The van der Waals surface area contributed by atoms with Crippen LogP contribution in [0.3, 0.4) is 0 Å². The van der Waals surface area contributed by atoms with Gasteiger partial charge in [0.15, 0.2) is 5.57 Å². The Morgan fingerprint density at radius 1 is 1.54 bits per heavy atom. The zero-order chi connectivity index (χ0) is 17.7. The summed E-state index contributed by atoms with van der Waals surface area (Å²) in [5, 5.41) is 18.6. The summed E-state index contributed by atoms with van der Waals surface area (Å²) in [5.74, 6) is 0.207. The molecule has 0 saturated heterocycles. The Labute approximate surface area is 140 Å². The molecule has 9 nitrogen and oxygen atoms in total. The molecule has 126 valence electrons. The van der Waals surface area contributed by atoms with Crippen LogP contribution in [-0.2, 0) is 16.1 Å². The van der Waals surface area contributed by atoms with E-state index in [-0.39, 0.29) is 22.4 Å². The van der Waals surface area contributed by atoms with Crippen LogP contribution in [-0.4, -0.2) is 32.3 Å². The third-order valence-electron chi connectivity index (χ3n) is 2.96. The van der Waals surface area contributed by atoms with Crippen LogP contribution >= 0.6 is 11.3 Å². The molecule has 0 amide bonds. The number of carbonyl (C=O) groups is 1. The number of aromatic amines is 1. The molecule has 0 atom stereocenters. The summed E-state index contributed by atoms with van der Waals surface area (Å²) in [7, 11) is 0. The smallest absolute Gasteiger partial charge is 0.351 e. The average molecular weight is 348 g/mol. The molecule has 2 heterocycles. The number of carbonyl (C=O) groups excluding carboxylic acids is 1. The highest BCUT2D eigenvalue weighted by atomic mass is 32.1. The second-order valence-corrected chi connectivity index (χ2v) is 5.59. The minimum absolute atomic E-state index is 0.149. The highest BCUT2D eigenvalue weighted by molar-refractivity contribution is 7.07. The number of nitrogens with zero attached hydrogens (tertiary/aromatic N) is 4. The van der Waals surface area contributed by atoms with Crippen molar-refractivity contribution in [2.45, 2.75) is 27.3 Å². The molecule has 2 aromatic rings. The first kappa shape index (κ1) is 17.4. The number of nitriles is 1. The Morgan fingerprint density at radius 3 is 2.83 bits per heavy atom. The second-order valence-electron chi connectivity index (χ2n) is 4.56. The summed E-state index contributed by atoms with van der Waals surface area (Å²) < 4.78 is 6.82. The normalized spacial score (nSPS) is 12.7. The molecular weight excluding hydrogens is 332 g/mol. The predicted molar refractivity (Wildman–Crippen MR) is 88.4 cm³/mol. The van der Waals surface area contributed by atoms with Crippen molar-refractivity contribution >= 4 is 35.0 Å². The lowest BCUT2D eigenvalue weighted by Crippen LogP contribution is -2.32. The van der Waals surface area contributed by atoms with Gasteiger partial charge in [0.05, 0.1) is 6.61 Å². The van der Waals surface area contributed by atoms with Crippen molar-refractivity contribution < 1.29 is 9.53 Å². The Bertz CT molecular complexity index is 962. The van der Waals surface area contributed by atoms with Gasteiger partial charge in [0.2, 0.25) is 5.95 Å². The molecule has 0 spiro atoms. The molecule has 0 aliphatic carbocycles. The first-order valence-corrected chi connectivity index (χ1v) is 8.00. The average Bonchev–Trinajstić information content (AvgIpc) is 3.10. The van der Waals surface area contributed by atoms with Gasteiger partial charge in [-0.2, -0.15) is 10.2 Å². The third kappa shape index (κ3) is 3.52. The number of esters is 1. The molecule has 0 fully saturated rings. The minimum Gasteiger partial charge on any atom is -0.462 e. The van der Waals surface area contributed by atoms with Gasteiger partial charge in [-0.15, -0.1) is 16.4 Å². The van der Waals surface area contributed by atoms with Crippen LogP contribution in [0.1, 0.15) is 19.7 Å². The van der Waals surface area contributed by atoms with E-state index >= 15 is 0 Å². The van der Waals surface area contributed by atoms with Crippen molar-refractivity contribution in [1.29, 1.82) is 5.26 Å². The van der Waals surface area contributed by atoms with E-state index < -0.39 is 5.97 Å². The van der Waals surface area contributed by atoms with Gasteiger partial charge in [-0.1, -0.05) is 0 Å². The molecule has 0 bridgehead atoms. The number of ether oxygens (including phenoxy) is 1.